The summed E-state index contributed by atoms with van der Waals surface area (Å²) in [5.41, 5.74) is 10.8. The number of hydrogen-bond donors (Lipinski definition) is 3. The Labute approximate surface area is 199 Å². The molecule has 0 aliphatic heterocycles. The summed E-state index contributed by atoms with van der Waals surface area (Å²) < 4.78 is 19.1. The molecule has 0 saturated carbocycles. The molecular weight excluding hydrogens is 402 g/mol. The maximum Gasteiger partial charge on any atom is 0.0648 e. The molecule has 0 aliphatic rings. The average Bonchev–Trinajstić information content (AvgIpc) is 2.55. The number of ether oxygens (including phenoxy) is 3. The Morgan fingerprint density at radius 1 is 0.719 bits per heavy atom. The Morgan fingerprint density at radius 2 is 1.19 bits per heavy atom. The SMILES string of the molecule is CNC(C)(C)COC(C)C(C)(CC(C)(C)OCCC(C)(C)N)CC(C)(C)OCC(C)(C)N. The number of rotatable bonds is 16. The molecule has 0 aliphatic carbocycles. The fraction of sp³-hybridized carbons (Fsp3) is 1.00. The Kier molecular flexibility index (Phi) is 11.4. The first kappa shape index (κ1) is 31.8. The van der Waals surface area contributed by atoms with Gasteiger partial charge < -0.3 is 31.0 Å². The van der Waals surface area contributed by atoms with E-state index in [9.17, 15) is 0 Å². The van der Waals surface area contributed by atoms with Crippen LogP contribution in [-0.4, -0.2) is 60.8 Å². The van der Waals surface area contributed by atoms with Crippen molar-refractivity contribution in [2.45, 2.75) is 136 Å². The van der Waals surface area contributed by atoms with Crippen LogP contribution in [0.15, 0.2) is 0 Å². The van der Waals surface area contributed by atoms with Gasteiger partial charge in [-0.15, -0.1) is 0 Å². The number of hydrogen-bond acceptors (Lipinski definition) is 6. The standard InChI is InChI=1S/C26H57N3O3/c1-20(30-19-23(6,7)29-13)26(12,17-25(10,11)32-18-22(4,5)28)16-24(8,9)31-15-14-21(2,3)27/h20,29H,14-19,27-28H2,1-13H3. The highest BCUT2D eigenvalue weighted by atomic mass is 16.5. The van der Waals surface area contributed by atoms with Crippen LogP contribution < -0.4 is 16.8 Å². The molecule has 194 valence electrons. The van der Waals surface area contributed by atoms with Gasteiger partial charge in [0.15, 0.2) is 0 Å². The van der Waals surface area contributed by atoms with Gasteiger partial charge in [-0.1, -0.05) is 6.92 Å². The van der Waals surface area contributed by atoms with Gasteiger partial charge in [0.25, 0.3) is 0 Å². The second-order valence-electron chi connectivity index (χ2n) is 13.5. The molecule has 0 aromatic heterocycles. The first-order chi connectivity index (χ1) is 14.0. The van der Waals surface area contributed by atoms with Crippen molar-refractivity contribution in [1.29, 1.82) is 0 Å². The van der Waals surface area contributed by atoms with E-state index < -0.39 is 0 Å². The normalized spacial score (nSPS) is 17.3. The van der Waals surface area contributed by atoms with Gasteiger partial charge in [0, 0.05) is 23.2 Å². The van der Waals surface area contributed by atoms with E-state index in [1.807, 2.05) is 34.7 Å². The minimum Gasteiger partial charge on any atom is -0.376 e. The average molecular weight is 460 g/mol. The van der Waals surface area contributed by atoms with E-state index in [2.05, 4.69) is 60.7 Å². The summed E-state index contributed by atoms with van der Waals surface area (Å²) in [6, 6.07) is 0. The predicted octanol–water partition coefficient (Wildman–Crippen LogP) is 4.63. The lowest BCUT2D eigenvalue weighted by Crippen LogP contribution is -2.49. The van der Waals surface area contributed by atoms with Gasteiger partial charge in [0.2, 0.25) is 0 Å². The molecule has 5 N–H and O–H groups in total. The molecule has 2 atom stereocenters. The van der Waals surface area contributed by atoms with Crippen LogP contribution in [0.2, 0.25) is 0 Å². The van der Waals surface area contributed by atoms with E-state index in [0.717, 1.165) is 19.3 Å². The van der Waals surface area contributed by atoms with Gasteiger partial charge in [-0.3, -0.25) is 0 Å². The molecular formula is C26H57N3O3. The van der Waals surface area contributed by atoms with Crippen molar-refractivity contribution in [2.75, 3.05) is 26.9 Å². The lowest BCUT2D eigenvalue weighted by Gasteiger charge is -2.46. The van der Waals surface area contributed by atoms with Crippen LogP contribution in [0, 0.1) is 5.41 Å². The van der Waals surface area contributed by atoms with Crippen LogP contribution in [0.4, 0.5) is 0 Å². The van der Waals surface area contributed by atoms with Crippen LogP contribution in [0.1, 0.15) is 102 Å². The van der Waals surface area contributed by atoms with E-state index >= 15 is 0 Å². The molecule has 6 nitrogen and oxygen atoms in total. The molecule has 0 bridgehead atoms. The van der Waals surface area contributed by atoms with Crippen molar-refractivity contribution in [3.63, 3.8) is 0 Å². The Bertz CT molecular complexity index is 548. The Balaban J connectivity index is 5.56. The smallest absolute Gasteiger partial charge is 0.0648 e. The zero-order valence-electron chi connectivity index (χ0n) is 23.7. The van der Waals surface area contributed by atoms with Gasteiger partial charge in [-0.25, -0.2) is 0 Å². The second kappa shape index (κ2) is 11.5. The maximum absolute atomic E-state index is 6.44. The van der Waals surface area contributed by atoms with Crippen LogP contribution in [-0.2, 0) is 14.2 Å². The quantitative estimate of drug-likeness (QED) is 0.312. The Hall–Kier alpha value is -0.240. The topological polar surface area (TPSA) is 91.8 Å². The lowest BCUT2D eigenvalue weighted by atomic mass is 9.69. The Morgan fingerprint density at radius 3 is 1.59 bits per heavy atom. The minimum absolute atomic E-state index is 0.0118. The molecule has 0 spiro atoms. The molecule has 0 aromatic rings. The summed E-state index contributed by atoms with van der Waals surface area (Å²) in [7, 11) is 1.97. The van der Waals surface area contributed by atoms with Crippen LogP contribution >= 0.6 is 0 Å². The fourth-order valence-electron chi connectivity index (χ4n) is 3.98. The van der Waals surface area contributed by atoms with Crippen molar-refractivity contribution >= 4 is 0 Å². The minimum atomic E-state index is -0.371. The van der Waals surface area contributed by atoms with Gasteiger partial charge in [-0.2, -0.15) is 0 Å². The number of likely N-dealkylation sites (N-methyl/N-ethyl adjacent to an activating group) is 1. The first-order valence-corrected chi connectivity index (χ1v) is 12.2. The monoisotopic (exact) mass is 459 g/mol. The largest absolute Gasteiger partial charge is 0.376 e. The van der Waals surface area contributed by atoms with E-state index in [0.29, 0.717) is 19.8 Å². The first-order valence-electron chi connectivity index (χ1n) is 12.2. The highest BCUT2D eigenvalue weighted by Crippen LogP contribution is 2.43. The summed E-state index contributed by atoms with van der Waals surface area (Å²) in [6.07, 6.45) is 2.49. The van der Waals surface area contributed by atoms with Crippen molar-refractivity contribution < 1.29 is 14.2 Å². The third kappa shape index (κ3) is 14.1. The van der Waals surface area contributed by atoms with Crippen molar-refractivity contribution in [3.05, 3.63) is 0 Å². The zero-order chi connectivity index (χ0) is 25.6. The highest BCUT2D eigenvalue weighted by molar-refractivity contribution is 4.94. The van der Waals surface area contributed by atoms with Gasteiger partial charge >= 0.3 is 0 Å². The van der Waals surface area contributed by atoms with E-state index in [-0.39, 0.29) is 39.3 Å². The summed E-state index contributed by atoms with van der Waals surface area (Å²) >= 11 is 0. The van der Waals surface area contributed by atoms with Crippen molar-refractivity contribution in [1.82, 2.24) is 5.32 Å². The van der Waals surface area contributed by atoms with Crippen LogP contribution in [0.3, 0.4) is 0 Å². The summed E-state index contributed by atoms with van der Waals surface area (Å²) in [6.45, 7) is 27.2. The molecule has 0 rings (SSSR count). The number of nitrogens with one attached hydrogen (secondary N) is 1. The fourth-order valence-corrected chi connectivity index (χ4v) is 3.98. The van der Waals surface area contributed by atoms with E-state index in [1.165, 1.54) is 0 Å². The molecule has 2 unspecified atom stereocenters. The molecule has 0 saturated heterocycles. The van der Waals surface area contributed by atoms with Gasteiger partial charge in [-0.05, 0) is 108 Å². The third-order valence-corrected chi connectivity index (χ3v) is 6.09. The van der Waals surface area contributed by atoms with Gasteiger partial charge in [0.05, 0.1) is 30.5 Å². The molecule has 0 fully saturated rings. The summed E-state index contributed by atoms with van der Waals surface area (Å²) in [5, 5.41) is 3.32. The molecule has 0 heterocycles. The number of nitrogens with two attached hydrogens (primary N) is 2. The van der Waals surface area contributed by atoms with Gasteiger partial charge in [0.1, 0.15) is 0 Å². The molecule has 0 radical (unpaired) electrons. The maximum atomic E-state index is 6.44. The van der Waals surface area contributed by atoms with Crippen LogP contribution in [0.25, 0.3) is 0 Å². The van der Waals surface area contributed by atoms with Crippen LogP contribution in [0.5, 0.6) is 0 Å². The molecule has 32 heavy (non-hydrogen) atoms. The predicted molar refractivity (Wildman–Crippen MR) is 137 cm³/mol. The second-order valence-corrected chi connectivity index (χ2v) is 13.5. The summed E-state index contributed by atoms with van der Waals surface area (Å²) in [5.74, 6) is 0. The highest BCUT2D eigenvalue weighted by Gasteiger charge is 2.43. The summed E-state index contributed by atoms with van der Waals surface area (Å²) in [4.78, 5) is 0. The van der Waals surface area contributed by atoms with E-state index in [1.54, 1.807) is 0 Å². The molecule has 6 heteroatoms. The molecule has 0 amide bonds. The van der Waals surface area contributed by atoms with Crippen molar-refractivity contribution in [3.8, 4) is 0 Å². The third-order valence-electron chi connectivity index (χ3n) is 6.09. The van der Waals surface area contributed by atoms with E-state index in [4.69, 9.17) is 25.7 Å². The molecule has 0 aromatic carbocycles. The zero-order valence-corrected chi connectivity index (χ0v) is 23.7. The van der Waals surface area contributed by atoms with Crippen molar-refractivity contribution in [2.24, 2.45) is 16.9 Å². The lowest BCUT2D eigenvalue weighted by molar-refractivity contribution is -0.135.